The molecule has 0 aromatic carbocycles. The summed E-state index contributed by atoms with van der Waals surface area (Å²) in [7, 11) is -1.17. The molecule has 0 amide bonds. The van der Waals surface area contributed by atoms with Crippen LogP contribution in [-0.2, 0) is 4.43 Å². The van der Waals surface area contributed by atoms with E-state index >= 15 is 0 Å². The van der Waals surface area contributed by atoms with Gasteiger partial charge in [-0.15, -0.1) is 0 Å². The molecule has 13 heavy (non-hydrogen) atoms. The Morgan fingerprint density at radius 1 is 1.15 bits per heavy atom. The van der Waals surface area contributed by atoms with Crippen molar-refractivity contribution in [2.75, 3.05) is 0 Å². The molecule has 1 saturated heterocycles. The standard InChI is InChI=1S/C11H24OSi/c1-10(2)6-9-13(7-5-8-13)12-11(3)4/h10-11H,5-9H2,1-4H3. The Balaban J connectivity index is 2.31. The zero-order valence-electron chi connectivity index (χ0n) is 9.60. The topological polar surface area (TPSA) is 9.23 Å². The first-order valence-electron chi connectivity index (χ1n) is 5.72. The zero-order valence-corrected chi connectivity index (χ0v) is 10.6. The Morgan fingerprint density at radius 2 is 1.77 bits per heavy atom. The van der Waals surface area contributed by atoms with Gasteiger partial charge < -0.3 is 4.43 Å². The van der Waals surface area contributed by atoms with Gasteiger partial charge >= 0.3 is 0 Å². The summed E-state index contributed by atoms with van der Waals surface area (Å²) < 4.78 is 6.16. The van der Waals surface area contributed by atoms with Crippen molar-refractivity contribution in [3.8, 4) is 0 Å². The van der Waals surface area contributed by atoms with E-state index in [1.54, 1.807) is 0 Å². The molecule has 1 aliphatic heterocycles. The highest BCUT2D eigenvalue weighted by Crippen LogP contribution is 2.39. The molecule has 1 aliphatic rings. The van der Waals surface area contributed by atoms with Gasteiger partial charge in [-0.2, -0.15) is 0 Å². The van der Waals surface area contributed by atoms with E-state index in [2.05, 4.69) is 27.7 Å². The van der Waals surface area contributed by atoms with Gasteiger partial charge in [0.1, 0.15) is 0 Å². The third kappa shape index (κ3) is 3.43. The molecule has 0 aliphatic carbocycles. The van der Waals surface area contributed by atoms with Gasteiger partial charge in [-0.05, 0) is 37.9 Å². The maximum atomic E-state index is 6.16. The van der Waals surface area contributed by atoms with Crippen molar-refractivity contribution in [1.29, 1.82) is 0 Å². The van der Waals surface area contributed by atoms with Gasteiger partial charge in [-0.1, -0.05) is 26.7 Å². The summed E-state index contributed by atoms with van der Waals surface area (Å²) in [4.78, 5) is 0. The van der Waals surface area contributed by atoms with Crippen LogP contribution in [0, 0.1) is 5.92 Å². The smallest absolute Gasteiger partial charge is 0.193 e. The summed E-state index contributed by atoms with van der Waals surface area (Å²) in [6, 6.07) is 4.26. The molecule has 0 N–H and O–H groups in total. The predicted octanol–water partition coefficient (Wildman–Crippen LogP) is 3.81. The van der Waals surface area contributed by atoms with E-state index in [-0.39, 0.29) is 0 Å². The Labute approximate surface area is 84.0 Å². The van der Waals surface area contributed by atoms with Crippen LogP contribution in [0.25, 0.3) is 0 Å². The second-order valence-corrected chi connectivity index (χ2v) is 9.24. The van der Waals surface area contributed by atoms with Crippen LogP contribution in [0.2, 0.25) is 18.1 Å². The molecule has 2 heteroatoms. The van der Waals surface area contributed by atoms with Gasteiger partial charge in [0.2, 0.25) is 0 Å². The number of hydrogen-bond acceptors (Lipinski definition) is 1. The van der Waals surface area contributed by atoms with Crippen molar-refractivity contribution in [2.45, 2.75) is 64.8 Å². The van der Waals surface area contributed by atoms with Crippen molar-refractivity contribution >= 4 is 8.32 Å². The predicted molar refractivity (Wildman–Crippen MR) is 60.5 cm³/mol. The first-order valence-corrected chi connectivity index (χ1v) is 8.25. The molecule has 0 aromatic rings. The second kappa shape index (κ2) is 4.60. The van der Waals surface area contributed by atoms with Crippen LogP contribution < -0.4 is 0 Å². The van der Waals surface area contributed by atoms with E-state index in [1.165, 1.54) is 31.0 Å². The molecule has 0 aromatic heterocycles. The Bertz CT molecular complexity index is 150. The third-order valence-electron chi connectivity index (χ3n) is 2.93. The number of rotatable bonds is 5. The second-order valence-electron chi connectivity index (χ2n) is 5.14. The summed E-state index contributed by atoms with van der Waals surface area (Å²) in [5.74, 6) is 0.848. The van der Waals surface area contributed by atoms with Gasteiger partial charge in [0.05, 0.1) is 0 Å². The monoisotopic (exact) mass is 200 g/mol. The average molecular weight is 200 g/mol. The van der Waals surface area contributed by atoms with E-state index in [9.17, 15) is 0 Å². The molecule has 78 valence electrons. The minimum absolute atomic E-state index is 0.458. The normalized spacial score (nSPS) is 20.8. The lowest BCUT2D eigenvalue weighted by Gasteiger charge is -2.41. The van der Waals surface area contributed by atoms with Crippen LogP contribution in [0.15, 0.2) is 0 Å². The van der Waals surface area contributed by atoms with Crippen LogP contribution in [0.5, 0.6) is 0 Å². The van der Waals surface area contributed by atoms with Gasteiger partial charge in [-0.25, -0.2) is 0 Å². The summed E-state index contributed by atoms with van der Waals surface area (Å²) >= 11 is 0. The molecule has 0 saturated carbocycles. The first kappa shape index (κ1) is 11.3. The van der Waals surface area contributed by atoms with Crippen LogP contribution in [0.1, 0.15) is 40.5 Å². The molecule has 0 radical (unpaired) electrons. The summed E-state index contributed by atoms with van der Waals surface area (Å²) in [6.07, 6.45) is 3.26. The average Bonchev–Trinajstić information content (AvgIpc) is 1.93. The van der Waals surface area contributed by atoms with E-state index in [1.807, 2.05) is 0 Å². The fraction of sp³-hybridized carbons (Fsp3) is 1.00. The van der Waals surface area contributed by atoms with Crippen LogP contribution in [0.4, 0.5) is 0 Å². The minimum atomic E-state index is -1.17. The van der Waals surface area contributed by atoms with E-state index in [0.717, 1.165) is 5.92 Å². The highest BCUT2D eigenvalue weighted by atomic mass is 28.4. The quantitative estimate of drug-likeness (QED) is 0.613. The van der Waals surface area contributed by atoms with E-state index in [4.69, 9.17) is 4.43 Å². The van der Waals surface area contributed by atoms with Crippen molar-refractivity contribution in [1.82, 2.24) is 0 Å². The lowest BCUT2D eigenvalue weighted by atomic mass is 10.2. The highest BCUT2D eigenvalue weighted by molar-refractivity contribution is 6.76. The Kier molecular flexibility index (Phi) is 3.99. The third-order valence-corrected chi connectivity index (χ3v) is 7.63. The first-order chi connectivity index (χ1) is 6.04. The fourth-order valence-corrected chi connectivity index (χ4v) is 6.15. The van der Waals surface area contributed by atoms with Gasteiger partial charge in [0.15, 0.2) is 8.32 Å². The molecule has 0 unspecified atom stereocenters. The maximum absolute atomic E-state index is 6.16. The summed E-state index contributed by atoms with van der Waals surface area (Å²) in [6.45, 7) is 9.00. The highest BCUT2D eigenvalue weighted by Gasteiger charge is 2.41. The van der Waals surface area contributed by atoms with Gasteiger partial charge in [0, 0.05) is 6.10 Å². The van der Waals surface area contributed by atoms with E-state index < -0.39 is 8.32 Å². The van der Waals surface area contributed by atoms with Crippen molar-refractivity contribution in [3.63, 3.8) is 0 Å². The molecule has 1 nitrogen and oxygen atoms in total. The fourth-order valence-electron chi connectivity index (χ4n) is 2.05. The molecule has 1 rings (SSSR count). The Hall–Kier alpha value is 0.177. The van der Waals surface area contributed by atoms with Crippen LogP contribution >= 0.6 is 0 Å². The van der Waals surface area contributed by atoms with Crippen molar-refractivity contribution in [2.24, 2.45) is 5.92 Å². The van der Waals surface area contributed by atoms with Gasteiger partial charge in [0.25, 0.3) is 0 Å². The Morgan fingerprint density at radius 3 is 2.08 bits per heavy atom. The van der Waals surface area contributed by atoms with E-state index in [0.29, 0.717) is 6.10 Å². The molecule has 1 heterocycles. The molecular weight excluding hydrogens is 176 g/mol. The number of hydrogen-bond donors (Lipinski definition) is 0. The minimum Gasteiger partial charge on any atom is -0.414 e. The van der Waals surface area contributed by atoms with Crippen LogP contribution in [-0.4, -0.2) is 14.4 Å². The molecule has 0 atom stereocenters. The largest absolute Gasteiger partial charge is 0.414 e. The molecule has 0 spiro atoms. The maximum Gasteiger partial charge on any atom is 0.193 e. The van der Waals surface area contributed by atoms with Crippen molar-refractivity contribution in [3.05, 3.63) is 0 Å². The van der Waals surface area contributed by atoms with Gasteiger partial charge in [-0.3, -0.25) is 0 Å². The lowest BCUT2D eigenvalue weighted by Crippen LogP contribution is -2.46. The molecule has 1 fully saturated rings. The lowest BCUT2D eigenvalue weighted by molar-refractivity contribution is 0.213. The molecule has 0 bridgehead atoms. The van der Waals surface area contributed by atoms with Crippen LogP contribution in [0.3, 0.4) is 0 Å². The SMILES string of the molecule is CC(C)CC[Si]1(OC(C)C)CCC1. The summed E-state index contributed by atoms with van der Waals surface area (Å²) in [5, 5.41) is 0. The molecular formula is C11H24OSi. The zero-order chi connectivity index (χ0) is 9.90. The van der Waals surface area contributed by atoms with Crippen molar-refractivity contribution < 1.29 is 4.43 Å². The summed E-state index contributed by atoms with van der Waals surface area (Å²) in [5.41, 5.74) is 0.